The second-order valence-corrected chi connectivity index (χ2v) is 8.59. The first-order chi connectivity index (χ1) is 16.0. The fourth-order valence-electron chi connectivity index (χ4n) is 3.94. The molecule has 7 nitrogen and oxygen atoms in total. The molecule has 8 heteroatoms. The van der Waals surface area contributed by atoms with Crippen molar-refractivity contribution in [3.8, 4) is 0 Å². The van der Waals surface area contributed by atoms with Crippen LogP contribution in [0.5, 0.6) is 0 Å². The molecule has 0 bridgehead atoms. The number of aryl methyl sites for hydroxylation is 1. The largest absolute Gasteiger partial charge is 0.379 e. The number of aromatic nitrogens is 1. The van der Waals surface area contributed by atoms with Gasteiger partial charge in [0.2, 0.25) is 0 Å². The van der Waals surface area contributed by atoms with Crippen LogP contribution in [0.25, 0.3) is 10.9 Å². The third kappa shape index (κ3) is 5.93. The van der Waals surface area contributed by atoms with Crippen LogP contribution in [0.3, 0.4) is 0 Å². The van der Waals surface area contributed by atoms with Gasteiger partial charge in [0.1, 0.15) is 0 Å². The molecular weight excluding hydrogens is 440 g/mol. The number of H-pyrrole nitrogens is 1. The summed E-state index contributed by atoms with van der Waals surface area (Å²) in [5, 5.41) is 4.32. The summed E-state index contributed by atoms with van der Waals surface area (Å²) in [5.74, 6) is 0. The van der Waals surface area contributed by atoms with Crippen LogP contribution < -0.4 is 10.9 Å². The van der Waals surface area contributed by atoms with E-state index in [1.54, 1.807) is 17.0 Å². The summed E-state index contributed by atoms with van der Waals surface area (Å²) in [5.41, 5.74) is 2.89. The van der Waals surface area contributed by atoms with Crippen LogP contribution in [-0.4, -0.2) is 60.2 Å². The number of ether oxygens (including phenoxy) is 1. The number of aromatic amines is 1. The Morgan fingerprint density at radius 2 is 1.97 bits per heavy atom. The molecule has 0 atom stereocenters. The van der Waals surface area contributed by atoms with E-state index in [1.165, 1.54) is 5.56 Å². The number of morpholine rings is 1. The van der Waals surface area contributed by atoms with Crippen molar-refractivity contribution in [3.05, 3.63) is 75.0 Å². The Morgan fingerprint density at radius 3 is 2.73 bits per heavy atom. The van der Waals surface area contributed by atoms with Crippen LogP contribution in [0.1, 0.15) is 18.1 Å². The van der Waals surface area contributed by atoms with E-state index in [9.17, 15) is 9.59 Å². The van der Waals surface area contributed by atoms with Crippen LogP contribution in [0.2, 0.25) is 5.02 Å². The number of amides is 2. The first-order valence-corrected chi connectivity index (χ1v) is 11.7. The van der Waals surface area contributed by atoms with Gasteiger partial charge >= 0.3 is 6.03 Å². The minimum Gasteiger partial charge on any atom is -0.379 e. The molecule has 0 spiro atoms. The number of hydrogen-bond donors (Lipinski definition) is 2. The molecule has 1 saturated heterocycles. The first-order valence-electron chi connectivity index (χ1n) is 11.3. The zero-order chi connectivity index (χ0) is 23.2. The summed E-state index contributed by atoms with van der Waals surface area (Å²) >= 11 is 6.24. The van der Waals surface area contributed by atoms with E-state index in [2.05, 4.69) is 28.2 Å². The van der Waals surface area contributed by atoms with E-state index < -0.39 is 0 Å². The number of halogens is 1. The quantitative estimate of drug-likeness (QED) is 0.547. The molecule has 1 aromatic heterocycles. The highest BCUT2D eigenvalue weighted by molar-refractivity contribution is 6.33. The standard InChI is InChI=1S/C25H29ClN4O3/c1-2-18-7-8-22-19(15-18)16-20(24(31)27-22)17-30(10-9-29-11-13-33-14-12-29)25(32)28-23-6-4-3-5-21(23)26/h3-8,15-16H,2,9-14,17H2,1H3,(H,27,31)(H,28,32). The van der Waals surface area contributed by atoms with Crippen molar-refractivity contribution in [3.63, 3.8) is 0 Å². The van der Waals surface area contributed by atoms with Gasteiger partial charge in [-0.2, -0.15) is 0 Å². The Morgan fingerprint density at radius 1 is 1.18 bits per heavy atom. The summed E-state index contributed by atoms with van der Waals surface area (Å²) in [6.07, 6.45) is 0.913. The third-order valence-electron chi connectivity index (χ3n) is 5.95. The number of pyridine rings is 1. The van der Waals surface area contributed by atoms with Crippen molar-refractivity contribution < 1.29 is 9.53 Å². The zero-order valence-electron chi connectivity index (χ0n) is 18.8. The van der Waals surface area contributed by atoms with Gasteiger partial charge in [-0.3, -0.25) is 9.69 Å². The number of rotatable bonds is 7. The van der Waals surface area contributed by atoms with Crippen molar-refractivity contribution in [2.24, 2.45) is 0 Å². The fraction of sp³-hybridized carbons (Fsp3) is 0.360. The monoisotopic (exact) mass is 468 g/mol. The summed E-state index contributed by atoms with van der Waals surface area (Å²) in [7, 11) is 0. The van der Waals surface area contributed by atoms with Gasteiger partial charge in [0.25, 0.3) is 5.56 Å². The number of nitrogens with one attached hydrogen (secondary N) is 2. The number of para-hydroxylation sites is 1. The normalized spacial score (nSPS) is 14.4. The summed E-state index contributed by atoms with van der Waals surface area (Å²) in [6, 6.07) is 14.7. The minimum absolute atomic E-state index is 0.186. The zero-order valence-corrected chi connectivity index (χ0v) is 19.5. The van der Waals surface area contributed by atoms with Gasteiger partial charge in [0.15, 0.2) is 0 Å². The molecule has 2 N–H and O–H groups in total. The lowest BCUT2D eigenvalue weighted by Crippen LogP contribution is -2.44. The molecule has 2 aromatic carbocycles. The average molecular weight is 469 g/mol. The molecule has 1 fully saturated rings. The van der Waals surface area contributed by atoms with Crippen molar-refractivity contribution in [1.29, 1.82) is 0 Å². The number of urea groups is 1. The molecule has 174 valence electrons. The van der Waals surface area contributed by atoms with Gasteiger partial charge in [0, 0.05) is 37.3 Å². The summed E-state index contributed by atoms with van der Waals surface area (Å²) < 4.78 is 5.42. The van der Waals surface area contributed by atoms with Crippen LogP contribution >= 0.6 is 11.6 Å². The Kier molecular flexibility index (Phi) is 7.65. The lowest BCUT2D eigenvalue weighted by Gasteiger charge is -2.30. The second-order valence-electron chi connectivity index (χ2n) is 8.18. The number of carbonyl (C=O) groups is 1. The van der Waals surface area contributed by atoms with Crippen LogP contribution in [0.15, 0.2) is 53.3 Å². The Labute approximate surface area is 198 Å². The van der Waals surface area contributed by atoms with Gasteiger partial charge in [-0.1, -0.05) is 36.7 Å². The van der Waals surface area contributed by atoms with E-state index in [1.807, 2.05) is 30.3 Å². The second kappa shape index (κ2) is 10.8. The smallest absolute Gasteiger partial charge is 0.322 e. The van der Waals surface area contributed by atoms with E-state index in [-0.39, 0.29) is 18.1 Å². The molecule has 33 heavy (non-hydrogen) atoms. The topological polar surface area (TPSA) is 77.7 Å². The van der Waals surface area contributed by atoms with Crippen molar-refractivity contribution in [1.82, 2.24) is 14.8 Å². The Hall–Kier alpha value is -2.87. The predicted octanol–water partition coefficient (Wildman–Crippen LogP) is 4.11. The van der Waals surface area contributed by atoms with E-state index in [4.69, 9.17) is 16.3 Å². The summed E-state index contributed by atoms with van der Waals surface area (Å²) in [6.45, 7) is 6.51. The maximum Gasteiger partial charge on any atom is 0.322 e. The van der Waals surface area contributed by atoms with Crippen LogP contribution in [0.4, 0.5) is 10.5 Å². The highest BCUT2D eigenvalue weighted by Gasteiger charge is 2.19. The number of benzene rings is 2. The van der Waals surface area contributed by atoms with Crippen molar-refractivity contribution in [2.45, 2.75) is 19.9 Å². The minimum atomic E-state index is -0.293. The molecule has 1 aliphatic rings. The molecule has 3 aromatic rings. The fourth-order valence-corrected chi connectivity index (χ4v) is 4.12. The number of fused-ring (bicyclic) bond motifs is 1. The Balaban J connectivity index is 1.57. The number of hydrogen-bond acceptors (Lipinski definition) is 4. The maximum absolute atomic E-state index is 13.2. The third-order valence-corrected chi connectivity index (χ3v) is 6.28. The lowest BCUT2D eigenvalue weighted by atomic mass is 10.1. The predicted molar refractivity (Wildman–Crippen MR) is 132 cm³/mol. The van der Waals surface area contributed by atoms with Gasteiger partial charge in [-0.15, -0.1) is 0 Å². The SMILES string of the molecule is CCc1ccc2[nH]c(=O)c(CN(CCN3CCOCC3)C(=O)Nc3ccccc3Cl)cc2c1. The van der Waals surface area contributed by atoms with Crippen LogP contribution in [0, 0.1) is 0 Å². The number of anilines is 1. The summed E-state index contributed by atoms with van der Waals surface area (Å²) in [4.78, 5) is 32.9. The molecule has 2 amide bonds. The van der Waals surface area contributed by atoms with Gasteiger partial charge in [-0.05, 0) is 47.7 Å². The molecule has 2 heterocycles. The highest BCUT2D eigenvalue weighted by atomic mass is 35.5. The molecule has 0 aliphatic carbocycles. The first kappa shape index (κ1) is 23.3. The molecule has 0 unspecified atom stereocenters. The number of carbonyl (C=O) groups excluding carboxylic acids is 1. The van der Waals surface area contributed by atoms with E-state index >= 15 is 0 Å². The molecule has 0 saturated carbocycles. The molecule has 4 rings (SSSR count). The van der Waals surface area contributed by atoms with E-state index in [0.717, 1.165) is 30.4 Å². The van der Waals surface area contributed by atoms with Crippen molar-refractivity contribution in [2.75, 3.05) is 44.7 Å². The Bertz CT molecular complexity index is 1170. The average Bonchev–Trinajstić information content (AvgIpc) is 2.83. The number of nitrogens with zero attached hydrogens (tertiary/aromatic N) is 2. The van der Waals surface area contributed by atoms with E-state index in [0.29, 0.717) is 42.6 Å². The lowest BCUT2D eigenvalue weighted by molar-refractivity contribution is 0.0349. The van der Waals surface area contributed by atoms with Gasteiger partial charge in [0.05, 0.1) is 30.5 Å². The van der Waals surface area contributed by atoms with Gasteiger partial charge < -0.3 is 19.9 Å². The molecule has 1 aliphatic heterocycles. The molecular formula is C25H29ClN4O3. The van der Waals surface area contributed by atoms with Crippen molar-refractivity contribution >= 4 is 34.2 Å². The van der Waals surface area contributed by atoms with Gasteiger partial charge in [-0.25, -0.2) is 4.79 Å². The highest BCUT2D eigenvalue weighted by Crippen LogP contribution is 2.21. The van der Waals surface area contributed by atoms with Crippen LogP contribution in [-0.2, 0) is 17.7 Å². The molecule has 0 radical (unpaired) electrons. The maximum atomic E-state index is 13.2.